The summed E-state index contributed by atoms with van der Waals surface area (Å²) >= 11 is 3.01. The molecule has 0 unspecified atom stereocenters. The van der Waals surface area contributed by atoms with Gasteiger partial charge in [-0.2, -0.15) is 5.10 Å². The zero-order chi connectivity index (χ0) is 17.9. The number of carbonyl (C=O) groups excluding carboxylic acids is 1. The van der Waals surface area contributed by atoms with Crippen LogP contribution in [0.15, 0.2) is 58.0 Å². The van der Waals surface area contributed by atoms with Gasteiger partial charge in [-0.3, -0.25) is 9.50 Å². The van der Waals surface area contributed by atoms with Crippen molar-refractivity contribution >= 4 is 46.2 Å². The Bertz CT molecular complexity index is 1080. The van der Waals surface area contributed by atoms with Crippen LogP contribution in [0, 0.1) is 0 Å². The Labute approximate surface area is 157 Å². The van der Waals surface area contributed by atoms with Crippen molar-refractivity contribution in [3.05, 3.63) is 65.1 Å². The minimum Gasteiger partial charge on any atom is -0.465 e. The maximum atomic E-state index is 12.0. The highest BCUT2D eigenvalue weighted by Gasteiger charge is 2.17. The second-order valence-electron chi connectivity index (χ2n) is 5.29. The molecule has 6 nitrogen and oxygen atoms in total. The van der Waals surface area contributed by atoms with E-state index in [1.54, 1.807) is 23.6 Å². The van der Waals surface area contributed by atoms with Crippen LogP contribution in [0.4, 0.5) is 0 Å². The van der Waals surface area contributed by atoms with Crippen LogP contribution in [0.2, 0.25) is 0 Å². The lowest BCUT2D eigenvalue weighted by Crippen LogP contribution is -2.02. The highest BCUT2D eigenvalue weighted by atomic mass is 32.2. The Kier molecular flexibility index (Phi) is 4.59. The van der Waals surface area contributed by atoms with E-state index in [9.17, 15) is 4.79 Å². The van der Waals surface area contributed by atoms with Crippen LogP contribution in [-0.2, 0) is 4.74 Å². The summed E-state index contributed by atoms with van der Waals surface area (Å²) in [4.78, 5) is 18.4. The van der Waals surface area contributed by atoms with E-state index in [1.165, 1.54) is 18.9 Å². The summed E-state index contributed by atoms with van der Waals surface area (Å²) in [6, 6.07) is 9.26. The molecule has 3 aromatic heterocycles. The van der Waals surface area contributed by atoms with Crippen LogP contribution < -0.4 is 0 Å². The van der Waals surface area contributed by atoms with E-state index < -0.39 is 0 Å². The summed E-state index contributed by atoms with van der Waals surface area (Å²) in [6.07, 6.45) is 7.63. The van der Waals surface area contributed by atoms with Gasteiger partial charge >= 0.3 is 5.97 Å². The van der Waals surface area contributed by atoms with Gasteiger partial charge in [-0.15, -0.1) is 11.3 Å². The highest BCUT2D eigenvalue weighted by Crippen LogP contribution is 2.34. The summed E-state index contributed by atoms with van der Waals surface area (Å²) in [5.74, 6) is -0.358. The Balaban J connectivity index is 1.75. The number of nitrogens with one attached hydrogen (secondary N) is 1. The number of H-pyrrole nitrogens is 1. The molecule has 0 saturated heterocycles. The number of esters is 1. The fourth-order valence-electron chi connectivity index (χ4n) is 2.48. The first-order valence-electron chi connectivity index (χ1n) is 7.74. The SMILES string of the molecule is COC(=O)c1ccccc1Sc1nc2sccn2c1/C=C/c1ccn[nH]1. The molecule has 4 aromatic rings. The quantitative estimate of drug-likeness (QED) is 0.523. The first-order valence-corrected chi connectivity index (χ1v) is 9.44. The van der Waals surface area contributed by atoms with Gasteiger partial charge in [0.05, 0.1) is 24.1 Å². The van der Waals surface area contributed by atoms with E-state index in [1.807, 2.05) is 52.4 Å². The normalized spacial score (nSPS) is 11.4. The number of rotatable bonds is 5. The van der Waals surface area contributed by atoms with Gasteiger partial charge in [0.15, 0.2) is 4.96 Å². The first kappa shape index (κ1) is 16.6. The van der Waals surface area contributed by atoms with Crippen LogP contribution in [0.1, 0.15) is 21.7 Å². The summed E-state index contributed by atoms with van der Waals surface area (Å²) < 4.78 is 6.91. The van der Waals surface area contributed by atoms with Crippen molar-refractivity contribution in [2.24, 2.45) is 0 Å². The predicted octanol–water partition coefficient (Wildman–Crippen LogP) is 4.23. The fraction of sp³-hybridized carbons (Fsp3) is 0.0556. The van der Waals surface area contributed by atoms with Crippen LogP contribution in [-0.4, -0.2) is 32.7 Å². The number of aromatic nitrogens is 4. The van der Waals surface area contributed by atoms with Gasteiger partial charge in [-0.05, 0) is 30.4 Å². The third kappa shape index (κ3) is 3.16. The molecule has 0 bridgehead atoms. The zero-order valence-electron chi connectivity index (χ0n) is 13.7. The minimum absolute atomic E-state index is 0.358. The van der Waals surface area contributed by atoms with Crippen molar-refractivity contribution < 1.29 is 9.53 Å². The van der Waals surface area contributed by atoms with E-state index in [2.05, 4.69) is 10.2 Å². The maximum absolute atomic E-state index is 12.0. The molecule has 0 spiro atoms. The van der Waals surface area contributed by atoms with Crippen molar-refractivity contribution in [2.45, 2.75) is 9.92 Å². The Morgan fingerprint density at radius 1 is 1.31 bits per heavy atom. The zero-order valence-corrected chi connectivity index (χ0v) is 15.4. The monoisotopic (exact) mass is 382 g/mol. The van der Waals surface area contributed by atoms with Crippen molar-refractivity contribution in [2.75, 3.05) is 7.11 Å². The number of nitrogens with zero attached hydrogens (tertiary/aromatic N) is 3. The number of hydrogen-bond donors (Lipinski definition) is 1. The number of carbonyl (C=O) groups is 1. The molecule has 0 saturated carbocycles. The molecule has 3 heterocycles. The number of benzene rings is 1. The Morgan fingerprint density at radius 3 is 3.00 bits per heavy atom. The van der Waals surface area contributed by atoms with Gasteiger partial charge in [0, 0.05) is 22.7 Å². The highest BCUT2D eigenvalue weighted by molar-refractivity contribution is 7.99. The van der Waals surface area contributed by atoms with Crippen molar-refractivity contribution in [1.29, 1.82) is 0 Å². The fourth-order valence-corrected chi connectivity index (χ4v) is 4.27. The molecule has 1 aromatic carbocycles. The number of fused-ring (bicyclic) bond motifs is 1. The second-order valence-corrected chi connectivity index (χ2v) is 7.20. The smallest absolute Gasteiger partial charge is 0.339 e. The molecule has 0 aliphatic carbocycles. The second kappa shape index (κ2) is 7.19. The molecule has 0 amide bonds. The third-order valence-corrected chi connectivity index (χ3v) is 5.53. The van der Waals surface area contributed by atoms with E-state index in [-0.39, 0.29) is 5.97 Å². The molecular weight excluding hydrogens is 368 g/mol. The van der Waals surface area contributed by atoms with Crippen LogP contribution >= 0.6 is 23.1 Å². The molecule has 0 fully saturated rings. The lowest BCUT2D eigenvalue weighted by Gasteiger charge is -2.06. The van der Waals surface area contributed by atoms with Gasteiger partial charge in [0.25, 0.3) is 0 Å². The molecule has 0 radical (unpaired) electrons. The van der Waals surface area contributed by atoms with E-state index in [0.29, 0.717) is 5.56 Å². The molecule has 0 aliphatic rings. The van der Waals surface area contributed by atoms with Crippen LogP contribution in [0.25, 0.3) is 17.1 Å². The molecule has 0 aliphatic heterocycles. The summed E-state index contributed by atoms with van der Waals surface area (Å²) in [6.45, 7) is 0. The summed E-state index contributed by atoms with van der Waals surface area (Å²) in [5, 5.41) is 9.68. The molecule has 4 rings (SSSR count). The van der Waals surface area contributed by atoms with Crippen molar-refractivity contribution in [3.63, 3.8) is 0 Å². The maximum Gasteiger partial charge on any atom is 0.339 e. The van der Waals surface area contributed by atoms with Crippen LogP contribution in [0.3, 0.4) is 0 Å². The Morgan fingerprint density at radius 2 is 2.19 bits per heavy atom. The number of thiazole rings is 1. The average molecular weight is 382 g/mol. The lowest BCUT2D eigenvalue weighted by atomic mass is 10.2. The number of hydrogen-bond acceptors (Lipinski definition) is 6. The molecule has 1 N–H and O–H groups in total. The van der Waals surface area contributed by atoms with E-state index >= 15 is 0 Å². The van der Waals surface area contributed by atoms with E-state index in [4.69, 9.17) is 9.72 Å². The van der Waals surface area contributed by atoms with Crippen molar-refractivity contribution in [1.82, 2.24) is 19.6 Å². The number of aromatic amines is 1. The summed E-state index contributed by atoms with van der Waals surface area (Å²) in [7, 11) is 1.38. The predicted molar refractivity (Wildman–Crippen MR) is 102 cm³/mol. The first-order chi connectivity index (χ1) is 12.8. The van der Waals surface area contributed by atoms with Gasteiger partial charge in [0.2, 0.25) is 0 Å². The lowest BCUT2D eigenvalue weighted by molar-refractivity contribution is 0.0597. The molecule has 130 valence electrons. The number of methoxy groups -OCH3 is 1. The largest absolute Gasteiger partial charge is 0.465 e. The van der Waals surface area contributed by atoms with Gasteiger partial charge in [-0.25, -0.2) is 9.78 Å². The average Bonchev–Trinajstić information content (AvgIpc) is 3.38. The molecular formula is C18H14N4O2S2. The summed E-state index contributed by atoms with van der Waals surface area (Å²) in [5.41, 5.74) is 2.38. The molecule has 8 heteroatoms. The Hall–Kier alpha value is -2.84. The number of imidazole rings is 1. The molecule has 0 atom stereocenters. The third-order valence-electron chi connectivity index (χ3n) is 3.71. The van der Waals surface area contributed by atoms with Gasteiger partial charge < -0.3 is 4.74 Å². The topological polar surface area (TPSA) is 72.3 Å². The van der Waals surface area contributed by atoms with Crippen molar-refractivity contribution in [3.8, 4) is 0 Å². The minimum atomic E-state index is -0.358. The van der Waals surface area contributed by atoms with Gasteiger partial charge in [-0.1, -0.05) is 23.9 Å². The van der Waals surface area contributed by atoms with Gasteiger partial charge in [0.1, 0.15) is 5.03 Å². The molecule has 26 heavy (non-hydrogen) atoms. The number of ether oxygens (including phenoxy) is 1. The standard InChI is InChI=1S/C18H14N4O2S2/c1-24-17(23)13-4-2-3-5-15(13)26-16-14(7-6-12-8-9-19-21-12)22-10-11-25-18(22)20-16/h2-11H,1H3,(H,19,21)/b7-6+. The van der Waals surface area contributed by atoms with E-state index in [0.717, 1.165) is 26.3 Å². The van der Waals surface area contributed by atoms with Crippen LogP contribution in [0.5, 0.6) is 0 Å².